The van der Waals surface area contributed by atoms with Gasteiger partial charge in [-0.1, -0.05) is 12.1 Å². The standard InChI is InChI=1S/C10H7F3N4O4S/c11-10(12,13)21-6-3-1-2-4-7(6)22(19,20)9-15-5-17(16-9)8(14)18/h1-5H,(H2,14,18). The third-order valence-electron chi connectivity index (χ3n) is 2.30. The van der Waals surface area contributed by atoms with E-state index in [1.807, 2.05) is 0 Å². The minimum absolute atomic E-state index is 0.431. The molecular weight excluding hydrogens is 329 g/mol. The van der Waals surface area contributed by atoms with Gasteiger partial charge in [0, 0.05) is 0 Å². The Morgan fingerprint density at radius 2 is 1.91 bits per heavy atom. The summed E-state index contributed by atoms with van der Waals surface area (Å²) in [7, 11) is -4.53. The zero-order valence-corrected chi connectivity index (χ0v) is 11.3. The van der Waals surface area contributed by atoms with Crippen molar-refractivity contribution >= 4 is 15.9 Å². The van der Waals surface area contributed by atoms with Crippen molar-refractivity contribution in [2.45, 2.75) is 16.4 Å². The number of benzene rings is 1. The lowest BCUT2D eigenvalue weighted by atomic mass is 10.3. The maximum absolute atomic E-state index is 12.3. The van der Waals surface area contributed by atoms with Crippen LogP contribution in [0.25, 0.3) is 0 Å². The van der Waals surface area contributed by atoms with Crippen LogP contribution in [0, 0.1) is 0 Å². The van der Waals surface area contributed by atoms with Crippen LogP contribution < -0.4 is 10.5 Å². The van der Waals surface area contributed by atoms with E-state index in [0.717, 1.165) is 24.5 Å². The lowest BCUT2D eigenvalue weighted by molar-refractivity contribution is -0.275. The molecule has 118 valence electrons. The number of alkyl halides is 3. The Balaban J connectivity index is 2.52. The second-order valence-corrected chi connectivity index (χ2v) is 5.62. The van der Waals surface area contributed by atoms with E-state index in [-0.39, 0.29) is 0 Å². The number of carbonyl (C=O) groups excluding carboxylic acids is 1. The van der Waals surface area contributed by atoms with Crippen LogP contribution >= 0.6 is 0 Å². The van der Waals surface area contributed by atoms with E-state index >= 15 is 0 Å². The lowest BCUT2D eigenvalue weighted by Crippen LogP contribution is -2.21. The molecule has 0 saturated heterocycles. The second kappa shape index (κ2) is 5.29. The minimum Gasteiger partial charge on any atom is -0.404 e. The van der Waals surface area contributed by atoms with Gasteiger partial charge in [-0.2, -0.15) is 4.68 Å². The van der Waals surface area contributed by atoms with Gasteiger partial charge in [0.15, 0.2) is 0 Å². The van der Waals surface area contributed by atoms with E-state index in [0.29, 0.717) is 4.68 Å². The lowest BCUT2D eigenvalue weighted by Gasteiger charge is -2.12. The van der Waals surface area contributed by atoms with Crippen molar-refractivity contribution in [3.8, 4) is 5.75 Å². The number of aromatic nitrogens is 3. The largest absolute Gasteiger partial charge is 0.573 e. The first kappa shape index (κ1) is 15.8. The van der Waals surface area contributed by atoms with Crippen LogP contribution in [0.1, 0.15) is 0 Å². The highest BCUT2D eigenvalue weighted by atomic mass is 32.2. The predicted molar refractivity (Wildman–Crippen MR) is 63.6 cm³/mol. The van der Waals surface area contributed by atoms with Gasteiger partial charge in [-0.05, 0) is 12.1 Å². The number of sulfone groups is 1. The van der Waals surface area contributed by atoms with E-state index in [1.54, 1.807) is 0 Å². The number of carbonyl (C=O) groups is 1. The average Bonchev–Trinajstić information content (AvgIpc) is 2.87. The highest BCUT2D eigenvalue weighted by Crippen LogP contribution is 2.31. The molecule has 12 heteroatoms. The van der Waals surface area contributed by atoms with Crippen LogP contribution in [0.3, 0.4) is 0 Å². The van der Waals surface area contributed by atoms with E-state index in [4.69, 9.17) is 5.73 Å². The number of primary amides is 1. The Morgan fingerprint density at radius 3 is 2.45 bits per heavy atom. The number of hydrogen-bond acceptors (Lipinski definition) is 6. The van der Waals surface area contributed by atoms with Crippen LogP contribution in [0.5, 0.6) is 5.75 Å². The molecule has 2 N–H and O–H groups in total. The number of ether oxygens (including phenoxy) is 1. The van der Waals surface area contributed by atoms with Crippen LogP contribution in [0.4, 0.5) is 18.0 Å². The van der Waals surface area contributed by atoms with E-state index in [2.05, 4.69) is 14.8 Å². The van der Waals surface area contributed by atoms with E-state index < -0.39 is 38.0 Å². The van der Waals surface area contributed by atoms with Gasteiger partial charge >= 0.3 is 12.4 Å². The van der Waals surface area contributed by atoms with Gasteiger partial charge in [0.25, 0.3) is 5.16 Å². The number of para-hydroxylation sites is 1. The van der Waals surface area contributed by atoms with Crippen molar-refractivity contribution in [2.75, 3.05) is 0 Å². The quantitative estimate of drug-likeness (QED) is 0.891. The highest BCUT2D eigenvalue weighted by molar-refractivity contribution is 7.91. The summed E-state index contributed by atoms with van der Waals surface area (Å²) in [5.74, 6) is -0.939. The van der Waals surface area contributed by atoms with Crippen LogP contribution in [-0.4, -0.2) is 35.6 Å². The molecule has 1 heterocycles. The van der Waals surface area contributed by atoms with Crippen molar-refractivity contribution in [3.63, 3.8) is 0 Å². The maximum Gasteiger partial charge on any atom is 0.573 e. The Morgan fingerprint density at radius 1 is 1.27 bits per heavy atom. The molecule has 1 aromatic heterocycles. The number of halogens is 3. The summed E-state index contributed by atoms with van der Waals surface area (Å²) in [6.07, 6.45) is -4.35. The van der Waals surface area contributed by atoms with E-state index in [1.165, 1.54) is 6.07 Å². The summed E-state index contributed by atoms with van der Waals surface area (Å²) in [4.78, 5) is 13.4. The Labute approximate surface area is 121 Å². The summed E-state index contributed by atoms with van der Waals surface area (Å²) in [6.45, 7) is 0. The molecule has 0 aliphatic rings. The van der Waals surface area contributed by atoms with Crippen LogP contribution in [-0.2, 0) is 9.84 Å². The SMILES string of the molecule is NC(=O)n1cnc(S(=O)(=O)c2ccccc2OC(F)(F)F)n1. The third-order valence-corrected chi connectivity index (χ3v) is 3.89. The fourth-order valence-corrected chi connectivity index (χ4v) is 2.67. The zero-order valence-electron chi connectivity index (χ0n) is 10.5. The first-order valence-electron chi connectivity index (χ1n) is 5.42. The van der Waals surface area contributed by atoms with Gasteiger partial charge in [0.1, 0.15) is 17.0 Å². The molecule has 0 unspecified atom stereocenters. The zero-order chi connectivity index (χ0) is 16.5. The molecule has 1 amide bonds. The summed E-state index contributed by atoms with van der Waals surface area (Å²) in [5.41, 5.74) is 4.88. The highest BCUT2D eigenvalue weighted by Gasteiger charge is 2.35. The second-order valence-electron chi connectivity index (χ2n) is 3.81. The molecule has 0 radical (unpaired) electrons. The molecule has 0 fully saturated rings. The Kier molecular flexibility index (Phi) is 3.79. The minimum atomic E-state index is -5.08. The van der Waals surface area contributed by atoms with Crippen LogP contribution in [0.2, 0.25) is 0 Å². The van der Waals surface area contributed by atoms with Crippen molar-refractivity contribution < 1.29 is 31.1 Å². The molecule has 2 rings (SSSR count). The Bertz CT molecular complexity index is 816. The molecule has 22 heavy (non-hydrogen) atoms. The fourth-order valence-electron chi connectivity index (χ4n) is 1.46. The molecule has 2 aromatic rings. The molecule has 0 aliphatic carbocycles. The number of rotatable bonds is 3. The summed E-state index contributed by atoms with van der Waals surface area (Å²) >= 11 is 0. The van der Waals surface area contributed by atoms with Gasteiger partial charge < -0.3 is 10.5 Å². The van der Waals surface area contributed by atoms with Gasteiger partial charge in [-0.15, -0.1) is 18.3 Å². The number of hydrogen-bond donors (Lipinski definition) is 1. The monoisotopic (exact) mass is 336 g/mol. The van der Waals surface area contributed by atoms with Crippen molar-refractivity contribution in [1.82, 2.24) is 14.8 Å². The number of amides is 1. The molecular formula is C10H7F3N4O4S. The molecule has 0 spiro atoms. The van der Waals surface area contributed by atoms with E-state index in [9.17, 15) is 26.4 Å². The Hall–Kier alpha value is -2.63. The third kappa shape index (κ3) is 3.16. The van der Waals surface area contributed by atoms with Gasteiger partial charge in [0.05, 0.1) is 0 Å². The summed E-state index contributed by atoms with van der Waals surface area (Å²) in [6, 6.07) is 2.97. The average molecular weight is 336 g/mol. The molecule has 8 nitrogen and oxygen atoms in total. The normalized spacial score (nSPS) is 12.1. The topological polar surface area (TPSA) is 117 Å². The van der Waals surface area contributed by atoms with Crippen molar-refractivity contribution in [1.29, 1.82) is 0 Å². The summed E-state index contributed by atoms with van der Waals surface area (Å²) in [5, 5.41) is 2.42. The predicted octanol–water partition coefficient (Wildman–Crippen LogP) is 0.936. The first-order chi connectivity index (χ1) is 10.1. The molecule has 1 aromatic carbocycles. The summed E-state index contributed by atoms with van der Waals surface area (Å²) < 4.78 is 65.5. The van der Waals surface area contributed by atoms with Crippen LogP contribution in [0.15, 0.2) is 40.6 Å². The number of nitrogens with two attached hydrogens (primary N) is 1. The van der Waals surface area contributed by atoms with Crippen molar-refractivity contribution in [2.24, 2.45) is 5.73 Å². The molecule has 0 atom stereocenters. The smallest absolute Gasteiger partial charge is 0.404 e. The molecule has 0 saturated carbocycles. The molecule has 0 bridgehead atoms. The number of nitrogens with zero attached hydrogens (tertiary/aromatic N) is 3. The molecule has 0 aliphatic heterocycles. The fraction of sp³-hybridized carbons (Fsp3) is 0.100. The van der Waals surface area contributed by atoms with Crippen molar-refractivity contribution in [3.05, 3.63) is 30.6 Å². The first-order valence-corrected chi connectivity index (χ1v) is 6.91. The van der Waals surface area contributed by atoms with Gasteiger partial charge in [-0.3, -0.25) is 0 Å². The maximum atomic E-state index is 12.3. The van der Waals surface area contributed by atoms with Gasteiger partial charge in [-0.25, -0.2) is 18.2 Å². The van der Waals surface area contributed by atoms with Gasteiger partial charge in [0.2, 0.25) is 9.84 Å².